The highest BCUT2D eigenvalue weighted by atomic mass is 16.3. The van der Waals surface area contributed by atoms with E-state index in [0.717, 1.165) is 32.1 Å². The van der Waals surface area contributed by atoms with Crippen LogP contribution in [0.1, 0.15) is 136 Å². The molecule has 1 aliphatic rings. The Kier molecular flexibility index (Phi) is 23.7. The standard InChI is InChI=1S/C36H65NO6/c1-3-5-7-8-9-10-11-12-13-14-19-23-33(40)32(28-38)37-36(43)24-20-16-15-18-22-30-31(35(42)27-34(30)41)26-25-29(39)21-17-6-4-2/h15,18-19,23,25-26,29-35,38-42H,3-14,16-17,20-22,24,27-28H2,1-2H3,(H,37,43)/b18-15+,23-19+,26-25+/t29-,30+,31+,32-,33+,34-,35+/m0/s1. The molecule has 1 amide bonds. The van der Waals surface area contributed by atoms with Gasteiger partial charge in [0, 0.05) is 18.8 Å². The molecule has 0 heterocycles. The van der Waals surface area contributed by atoms with Gasteiger partial charge in [-0.3, -0.25) is 4.79 Å². The fourth-order valence-corrected chi connectivity index (χ4v) is 5.87. The number of amides is 1. The Morgan fingerprint density at radius 1 is 0.791 bits per heavy atom. The molecule has 0 aromatic rings. The molecule has 250 valence electrons. The van der Waals surface area contributed by atoms with Crippen LogP contribution in [0.3, 0.4) is 0 Å². The number of carbonyl (C=O) groups excluding carboxylic acids is 1. The molecule has 43 heavy (non-hydrogen) atoms. The largest absolute Gasteiger partial charge is 0.394 e. The highest BCUT2D eigenvalue weighted by Crippen LogP contribution is 2.36. The Morgan fingerprint density at radius 2 is 1.42 bits per heavy atom. The summed E-state index contributed by atoms with van der Waals surface area (Å²) in [6, 6.07) is -0.715. The second-order valence-electron chi connectivity index (χ2n) is 12.6. The molecule has 1 aliphatic carbocycles. The van der Waals surface area contributed by atoms with Crippen molar-refractivity contribution < 1.29 is 30.3 Å². The SMILES string of the molecule is CCCCCCCCCCC/C=C/[C@@H](O)[C@H](CO)NC(=O)CCC/C=C/C[C@@H]1[C@@H](/C=C/[C@@H](O)CCCCC)[C@H](O)C[C@@H]1O. The molecule has 7 heteroatoms. The minimum atomic E-state index is -0.917. The molecule has 0 aromatic heterocycles. The summed E-state index contributed by atoms with van der Waals surface area (Å²) in [5.74, 6) is -0.489. The number of unbranched alkanes of at least 4 members (excludes halogenated alkanes) is 12. The zero-order valence-electron chi connectivity index (χ0n) is 27.3. The molecule has 0 aromatic carbocycles. The zero-order valence-corrected chi connectivity index (χ0v) is 27.3. The number of carbonyl (C=O) groups is 1. The number of allylic oxidation sites excluding steroid dienone is 3. The van der Waals surface area contributed by atoms with Crippen molar-refractivity contribution in [2.75, 3.05) is 6.61 Å². The Labute approximate surface area is 262 Å². The van der Waals surface area contributed by atoms with Crippen LogP contribution in [0.15, 0.2) is 36.5 Å². The summed E-state index contributed by atoms with van der Waals surface area (Å²) in [5.41, 5.74) is 0. The summed E-state index contributed by atoms with van der Waals surface area (Å²) in [6.07, 6.45) is 27.4. The van der Waals surface area contributed by atoms with E-state index in [-0.39, 0.29) is 24.3 Å². The third kappa shape index (κ3) is 18.8. The lowest BCUT2D eigenvalue weighted by molar-refractivity contribution is -0.122. The first-order valence-electron chi connectivity index (χ1n) is 17.5. The van der Waals surface area contributed by atoms with Gasteiger partial charge in [0.15, 0.2) is 0 Å². The number of rotatable bonds is 26. The van der Waals surface area contributed by atoms with E-state index >= 15 is 0 Å². The second kappa shape index (κ2) is 25.8. The first-order valence-corrected chi connectivity index (χ1v) is 17.5. The highest BCUT2D eigenvalue weighted by Gasteiger charge is 2.39. The van der Waals surface area contributed by atoms with Crippen LogP contribution in [0.5, 0.6) is 0 Å². The second-order valence-corrected chi connectivity index (χ2v) is 12.6. The molecule has 0 unspecified atom stereocenters. The Hall–Kier alpha value is -1.51. The Balaban J connectivity index is 2.27. The number of aliphatic hydroxyl groups excluding tert-OH is 5. The van der Waals surface area contributed by atoms with Crippen LogP contribution in [-0.4, -0.2) is 68.5 Å². The van der Waals surface area contributed by atoms with E-state index in [0.29, 0.717) is 38.5 Å². The lowest BCUT2D eigenvalue weighted by Crippen LogP contribution is -2.45. The van der Waals surface area contributed by atoms with Crippen LogP contribution < -0.4 is 5.32 Å². The van der Waals surface area contributed by atoms with Crippen molar-refractivity contribution in [1.29, 1.82) is 0 Å². The van der Waals surface area contributed by atoms with E-state index in [4.69, 9.17) is 0 Å². The molecular weight excluding hydrogens is 542 g/mol. The van der Waals surface area contributed by atoms with Crippen molar-refractivity contribution in [1.82, 2.24) is 5.32 Å². The van der Waals surface area contributed by atoms with Gasteiger partial charge >= 0.3 is 0 Å². The van der Waals surface area contributed by atoms with Gasteiger partial charge in [-0.1, -0.05) is 121 Å². The summed E-state index contributed by atoms with van der Waals surface area (Å²) in [4.78, 5) is 12.4. The predicted octanol–water partition coefficient (Wildman–Crippen LogP) is 6.27. The molecule has 7 nitrogen and oxygen atoms in total. The van der Waals surface area contributed by atoms with Crippen molar-refractivity contribution in [3.05, 3.63) is 36.5 Å². The zero-order chi connectivity index (χ0) is 31.7. The van der Waals surface area contributed by atoms with Crippen molar-refractivity contribution >= 4 is 5.91 Å². The van der Waals surface area contributed by atoms with E-state index < -0.39 is 30.5 Å². The molecule has 7 atom stereocenters. The van der Waals surface area contributed by atoms with Gasteiger partial charge in [-0.05, 0) is 44.4 Å². The monoisotopic (exact) mass is 607 g/mol. The van der Waals surface area contributed by atoms with Crippen LogP contribution >= 0.6 is 0 Å². The topological polar surface area (TPSA) is 130 Å². The van der Waals surface area contributed by atoms with Crippen molar-refractivity contribution in [3.8, 4) is 0 Å². The van der Waals surface area contributed by atoms with Crippen molar-refractivity contribution in [2.24, 2.45) is 11.8 Å². The lowest BCUT2D eigenvalue weighted by Gasteiger charge is -2.20. The van der Waals surface area contributed by atoms with Crippen molar-refractivity contribution in [2.45, 2.75) is 166 Å². The molecule has 0 radical (unpaired) electrons. The van der Waals surface area contributed by atoms with Gasteiger partial charge in [-0.2, -0.15) is 0 Å². The summed E-state index contributed by atoms with van der Waals surface area (Å²) >= 11 is 0. The fraction of sp³-hybridized carbons (Fsp3) is 0.806. The number of hydrogen-bond acceptors (Lipinski definition) is 6. The van der Waals surface area contributed by atoms with Gasteiger partial charge in [0.25, 0.3) is 0 Å². The maximum absolute atomic E-state index is 12.4. The molecule has 1 rings (SSSR count). The molecule has 0 aliphatic heterocycles. The van der Waals surface area contributed by atoms with Gasteiger partial charge < -0.3 is 30.8 Å². The summed E-state index contributed by atoms with van der Waals surface area (Å²) in [5, 5.41) is 53.9. The van der Waals surface area contributed by atoms with E-state index in [1.165, 1.54) is 51.4 Å². The Morgan fingerprint density at radius 3 is 2.09 bits per heavy atom. The highest BCUT2D eigenvalue weighted by molar-refractivity contribution is 5.76. The molecule has 0 bridgehead atoms. The summed E-state index contributed by atoms with van der Waals surface area (Å²) in [6.45, 7) is 4.04. The molecule has 0 spiro atoms. The average molecular weight is 608 g/mol. The molecular formula is C36H65NO6. The third-order valence-corrected chi connectivity index (χ3v) is 8.69. The van der Waals surface area contributed by atoms with Gasteiger partial charge in [0.1, 0.15) is 0 Å². The summed E-state index contributed by atoms with van der Waals surface area (Å²) in [7, 11) is 0. The quantitative estimate of drug-likeness (QED) is 0.0508. The third-order valence-electron chi connectivity index (χ3n) is 8.69. The fourth-order valence-electron chi connectivity index (χ4n) is 5.87. The van der Waals surface area contributed by atoms with Gasteiger partial charge in [-0.15, -0.1) is 0 Å². The molecule has 0 saturated heterocycles. The van der Waals surface area contributed by atoms with E-state index in [9.17, 15) is 30.3 Å². The Bertz CT molecular complexity index is 769. The minimum Gasteiger partial charge on any atom is -0.394 e. The van der Waals surface area contributed by atoms with Gasteiger partial charge in [0.2, 0.25) is 5.91 Å². The van der Waals surface area contributed by atoms with Crippen LogP contribution in [0.25, 0.3) is 0 Å². The van der Waals surface area contributed by atoms with Crippen molar-refractivity contribution in [3.63, 3.8) is 0 Å². The molecule has 1 fully saturated rings. The number of aliphatic hydroxyl groups is 5. The maximum atomic E-state index is 12.4. The smallest absolute Gasteiger partial charge is 0.220 e. The van der Waals surface area contributed by atoms with Crippen LogP contribution in [-0.2, 0) is 4.79 Å². The van der Waals surface area contributed by atoms with Crippen LogP contribution in [0.2, 0.25) is 0 Å². The lowest BCUT2D eigenvalue weighted by atomic mass is 9.89. The van der Waals surface area contributed by atoms with Crippen LogP contribution in [0.4, 0.5) is 0 Å². The van der Waals surface area contributed by atoms with E-state index in [1.807, 2.05) is 24.3 Å². The first kappa shape index (κ1) is 39.5. The van der Waals surface area contributed by atoms with E-state index in [1.54, 1.807) is 12.2 Å². The molecule has 1 saturated carbocycles. The van der Waals surface area contributed by atoms with Crippen LogP contribution in [0, 0.1) is 11.8 Å². The van der Waals surface area contributed by atoms with Gasteiger partial charge in [-0.25, -0.2) is 0 Å². The average Bonchev–Trinajstić information content (AvgIpc) is 3.26. The minimum absolute atomic E-state index is 0.103. The first-order chi connectivity index (χ1) is 20.8. The normalized spacial score (nSPS) is 23.0. The summed E-state index contributed by atoms with van der Waals surface area (Å²) < 4.78 is 0. The van der Waals surface area contributed by atoms with E-state index in [2.05, 4.69) is 19.2 Å². The molecule has 6 N–H and O–H groups in total. The van der Waals surface area contributed by atoms with Gasteiger partial charge in [0.05, 0.1) is 37.1 Å². The number of nitrogens with one attached hydrogen (secondary N) is 1. The predicted molar refractivity (Wildman–Crippen MR) is 177 cm³/mol. The maximum Gasteiger partial charge on any atom is 0.220 e. The number of hydrogen-bond donors (Lipinski definition) is 6.